The van der Waals surface area contributed by atoms with Crippen LogP contribution in [0.15, 0.2) is 54.9 Å². The molecule has 0 N–H and O–H groups in total. The standard InChI is InChI=1S/C21H22N4O/c1-2-12-24(15-18-9-7-17(14-22)8-10-18)21(26)11-13-25-16-23-19-5-3-4-6-20(19)25/h3-10,16H,2,11-13,15H2,1H3. The van der Waals surface area contributed by atoms with E-state index >= 15 is 0 Å². The van der Waals surface area contributed by atoms with Crippen molar-refractivity contribution in [2.75, 3.05) is 6.54 Å². The zero-order valence-corrected chi connectivity index (χ0v) is 14.9. The Morgan fingerprint density at radius 3 is 2.69 bits per heavy atom. The molecule has 132 valence electrons. The number of nitrogens with zero attached hydrogens (tertiary/aromatic N) is 4. The second kappa shape index (κ2) is 8.30. The zero-order chi connectivity index (χ0) is 18.4. The molecule has 5 nitrogen and oxygen atoms in total. The predicted molar refractivity (Wildman–Crippen MR) is 101 cm³/mol. The number of aryl methyl sites for hydroxylation is 1. The molecule has 3 aromatic rings. The predicted octanol–water partition coefficient (Wildman–Crippen LogP) is 3.74. The van der Waals surface area contributed by atoms with Crippen LogP contribution in [0.25, 0.3) is 11.0 Å². The van der Waals surface area contributed by atoms with E-state index in [2.05, 4.69) is 18.0 Å². The molecule has 26 heavy (non-hydrogen) atoms. The highest BCUT2D eigenvalue weighted by molar-refractivity contribution is 5.77. The highest BCUT2D eigenvalue weighted by atomic mass is 16.2. The minimum absolute atomic E-state index is 0.133. The number of amides is 1. The van der Waals surface area contributed by atoms with E-state index in [9.17, 15) is 4.79 Å². The smallest absolute Gasteiger partial charge is 0.224 e. The van der Waals surface area contributed by atoms with Crippen LogP contribution >= 0.6 is 0 Å². The summed E-state index contributed by atoms with van der Waals surface area (Å²) < 4.78 is 2.03. The topological polar surface area (TPSA) is 61.9 Å². The van der Waals surface area contributed by atoms with Gasteiger partial charge in [0.1, 0.15) is 0 Å². The fourth-order valence-corrected chi connectivity index (χ4v) is 3.03. The van der Waals surface area contributed by atoms with E-state index < -0.39 is 0 Å². The number of para-hydroxylation sites is 2. The van der Waals surface area contributed by atoms with Crippen LogP contribution in [-0.4, -0.2) is 26.9 Å². The second-order valence-corrected chi connectivity index (χ2v) is 6.30. The molecule has 0 atom stereocenters. The van der Waals surface area contributed by atoms with Gasteiger partial charge >= 0.3 is 0 Å². The van der Waals surface area contributed by atoms with Crippen LogP contribution in [0.5, 0.6) is 0 Å². The lowest BCUT2D eigenvalue weighted by molar-refractivity contribution is -0.132. The van der Waals surface area contributed by atoms with E-state index in [4.69, 9.17) is 5.26 Å². The van der Waals surface area contributed by atoms with Gasteiger partial charge in [0.05, 0.1) is 29.0 Å². The third-order valence-electron chi connectivity index (χ3n) is 4.40. The van der Waals surface area contributed by atoms with Gasteiger partial charge in [0, 0.05) is 26.1 Å². The van der Waals surface area contributed by atoms with Gasteiger partial charge in [-0.05, 0) is 36.2 Å². The number of fused-ring (bicyclic) bond motifs is 1. The van der Waals surface area contributed by atoms with Gasteiger partial charge < -0.3 is 9.47 Å². The van der Waals surface area contributed by atoms with Crippen LogP contribution in [0.1, 0.15) is 30.9 Å². The van der Waals surface area contributed by atoms with Gasteiger partial charge in [0.25, 0.3) is 0 Å². The molecule has 0 aliphatic carbocycles. The zero-order valence-electron chi connectivity index (χ0n) is 14.9. The van der Waals surface area contributed by atoms with Gasteiger partial charge in [-0.2, -0.15) is 5.26 Å². The first-order chi connectivity index (χ1) is 12.7. The number of rotatable bonds is 7. The summed E-state index contributed by atoms with van der Waals surface area (Å²) >= 11 is 0. The van der Waals surface area contributed by atoms with Gasteiger partial charge in [-0.1, -0.05) is 31.2 Å². The molecule has 0 fully saturated rings. The van der Waals surface area contributed by atoms with E-state index in [1.807, 2.05) is 45.9 Å². The molecule has 0 aliphatic rings. The molecule has 1 heterocycles. The van der Waals surface area contributed by atoms with Gasteiger partial charge in [0.15, 0.2) is 0 Å². The number of imidazole rings is 1. The van der Waals surface area contributed by atoms with Crippen molar-refractivity contribution in [1.82, 2.24) is 14.5 Å². The Kier molecular flexibility index (Phi) is 5.65. The number of nitriles is 1. The molecule has 0 aliphatic heterocycles. The second-order valence-electron chi connectivity index (χ2n) is 6.30. The summed E-state index contributed by atoms with van der Waals surface area (Å²) in [5, 5.41) is 8.90. The molecule has 0 bridgehead atoms. The van der Waals surface area contributed by atoms with Crippen molar-refractivity contribution in [1.29, 1.82) is 5.26 Å². The van der Waals surface area contributed by atoms with Crippen molar-refractivity contribution in [3.63, 3.8) is 0 Å². The minimum Gasteiger partial charge on any atom is -0.338 e. The summed E-state index contributed by atoms with van der Waals surface area (Å²) in [6.07, 6.45) is 3.15. The summed E-state index contributed by atoms with van der Waals surface area (Å²) in [5.74, 6) is 0.133. The fraction of sp³-hybridized carbons (Fsp3) is 0.286. The first kappa shape index (κ1) is 17.7. The van der Waals surface area contributed by atoms with E-state index in [0.29, 0.717) is 25.1 Å². The Morgan fingerprint density at radius 2 is 1.96 bits per heavy atom. The summed E-state index contributed by atoms with van der Waals surface area (Å²) in [6.45, 7) is 3.99. The number of aromatic nitrogens is 2. The Balaban J connectivity index is 1.65. The SMILES string of the molecule is CCCN(Cc1ccc(C#N)cc1)C(=O)CCn1cnc2ccccc21. The average Bonchev–Trinajstić information content (AvgIpc) is 3.09. The molecule has 2 aromatic carbocycles. The van der Waals surface area contributed by atoms with Crippen molar-refractivity contribution in [2.45, 2.75) is 32.9 Å². The number of carbonyl (C=O) groups excluding carboxylic acids is 1. The molecule has 5 heteroatoms. The van der Waals surface area contributed by atoms with Crippen molar-refractivity contribution >= 4 is 16.9 Å². The van der Waals surface area contributed by atoms with Crippen molar-refractivity contribution < 1.29 is 4.79 Å². The molecule has 0 saturated carbocycles. The van der Waals surface area contributed by atoms with Crippen LogP contribution in [0.2, 0.25) is 0 Å². The van der Waals surface area contributed by atoms with E-state index in [0.717, 1.165) is 29.6 Å². The first-order valence-electron chi connectivity index (χ1n) is 8.88. The van der Waals surface area contributed by atoms with E-state index in [1.165, 1.54) is 0 Å². The molecular formula is C21H22N4O. The highest BCUT2D eigenvalue weighted by Gasteiger charge is 2.14. The Morgan fingerprint density at radius 1 is 1.19 bits per heavy atom. The van der Waals surface area contributed by atoms with Gasteiger partial charge in [-0.15, -0.1) is 0 Å². The van der Waals surface area contributed by atoms with Crippen LogP contribution in [0.4, 0.5) is 0 Å². The highest BCUT2D eigenvalue weighted by Crippen LogP contribution is 2.14. The van der Waals surface area contributed by atoms with Crippen LogP contribution in [0.3, 0.4) is 0 Å². The van der Waals surface area contributed by atoms with E-state index in [1.54, 1.807) is 18.5 Å². The van der Waals surface area contributed by atoms with Crippen LogP contribution in [0, 0.1) is 11.3 Å². The van der Waals surface area contributed by atoms with Crippen molar-refractivity contribution in [3.8, 4) is 6.07 Å². The molecule has 0 radical (unpaired) electrons. The molecule has 0 saturated heterocycles. The lowest BCUT2D eigenvalue weighted by atomic mass is 10.1. The molecule has 1 aromatic heterocycles. The molecular weight excluding hydrogens is 324 g/mol. The molecule has 0 spiro atoms. The number of hydrogen-bond acceptors (Lipinski definition) is 3. The molecule has 0 unspecified atom stereocenters. The fourth-order valence-electron chi connectivity index (χ4n) is 3.03. The van der Waals surface area contributed by atoms with Crippen molar-refractivity contribution in [2.24, 2.45) is 0 Å². The third kappa shape index (κ3) is 4.09. The minimum atomic E-state index is 0.133. The van der Waals surface area contributed by atoms with E-state index in [-0.39, 0.29) is 5.91 Å². The maximum atomic E-state index is 12.7. The average molecular weight is 346 g/mol. The Bertz CT molecular complexity index is 921. The van der Waals surface area contributed by atoms with Gasteiger partial charge in [-0.3, -0.25) is 4.79 Å². The largest absolute Gasteiger partial charge is 0.338 e. The van der Waals surface area contributed by atoms with Gasteiger partial charge in [0.2, 0.25) is 5.91 Å². The lowest BCUT2D eigenvalue weighted by Crippen LogP contribution is -2.31. The Hall–Kier alpha value is -3.13. The lowest BCUT2D eigenvalue weighted by Gasteiger charge is -2.22. The number of benzene rings is 2. The summed E-state index contributed by atoms with van der Waals surface area (Å²) in [7, 11) is 0. The maximum Gasteiger partial charge on any atom is 0.224 e. The Labute approximate surface area is 153 Å². The van der Waals surface area contributed by atoms with Crippen molar-refractivity contribution in [3.05, 3.63) is 66.0 Å². The third-order valence-corrected chi connectivity index (χ3v) is 4.40. The summed E-state index contributed by atoms with van der Waals surface area (Å²) in [6, 6.07) is 17.5. The van der Waals surface area contributed by atoms with Crippen LogP contribution in [-0.2, 0) is 17.9 Å². The molecule has 3 rings (SSSR count). The summed E-state index contributed by atoms with van der Waals surface area (Å²) in [5.41, 5.74) is 3.67. The normalized spacial score (nSPS) is 10.6. The first-order valence-corrected chi connectivity index (χ1v) is 8.88. The molecule has 1 amide bonds. The number of carbonyl (C=O) groups is 1. The maximum absolute atomic E-state index is 12.7. The van der Waals surface area contributed by atoms with Crippen LogP contribution < -0.4 is 0 Å². The quantitative estimate of drug-likeness (QED) is 0.655. The monoisotopic (exact) mass is 346 g/mol. The summed E-state index contributed by atoms with van der Waals surface area (Å²) in [4.78, 5) is 19.0. The van der Waals surface area contributed by atoms with Gasteiger partial charge in [-0.25, -0.2) is 4.98 Å². The number of hydrogen-bond donors (Lipinski definition) is 0.